The Morgan fingerprint density at radius 2 is 2.29 bits per heavy atom. The topological polar surface area (TPSA) is 55.1 Å². The molecular weight excluding hydrogens is 284 g/mol. The minimum atomic E-state index is -0.958. The van der Waals surface area contributed by atoms with E-state index in [-0.39, 0.29) is 5.69 Å². The molecule has 0 bridgehead atoms. The van der Waals surface area contributed by atoms with Crippen LogP contribution in [0.5, 0.6) is 0 Å². The minimum absolute atomic E-state index is 0.211. The fourth-order valence-corrected chi connectivity index (χ4v) is 2.10. The third-order valence-electron chi connectivity index (χ3n) is 2.50. The fourth-order valence-electron chi connectivity index (χ4n) is 1.66. The van der Waals surface area contributed by atoms with Gasteiger partial charge in [-0.25, -0.2) is 9.78 Å². The molecule has 1 heterocycles. The van der Waals surface area contributed by atoms with Crippen LogP contribution in [0.1, 0.15) is 21.9 Å². The van der Waals surface area contributed by atoms with Gasteiger partial charge in [0.05, 0.1) is 6.20 Å². The lowest BCUT2D eigenvalue weighted by Crippen LogP contribution is -2.10. The van der Waals surface area contributed by atoms with Crippen LogP contribution in [0.15, 0.2) is 34.9 Å². The van der Waals surface area contributed by atoms with Crippen molar-refractivity contribution in [2.24, 2.45) is 0 Å². The zero-order chi connectivity index (χ0) is 12.4. The zero-order valence-electron chi connectivity index (χ0n) is 9.22. The number of imidazole rings is 1. The van der Waals surface area contributed by atoms with Gasteiger partial charge in [0.25, 0.3) is 0 Å². The molecule has 0 radical (unpaired) electrons. The molecule has 0 aliphatic heterocycles. The number of nitrogens with zero attached hydrogens (tertiary/aromatic N) is 2. The van der Waals surface area contributed by atoms with Crippen LogP contribution in [0.2, 0.25) is 0 Å². The van der Waals surface area contributed by atoms with Crippen LogP contribution in [0.3, 0.4) is 0 Å². The second-order valence-electron chi connectivity index (χ2n) is 3.71. The molecule has 0 saturated heterocycles. The molecule has 0 saturated carbocycles. The van der Waals surface area contributed by atoms with Crippen molar-refractivity contribution in [2.75, 3.05) is 0 Å². The van der Waals surface area contributed by atoms with Crippen molar-refractivity contribution in [3.8, 4) is 0 Å². The molecule has 2 aromatic rings. The summed E-state index contributed by atoms with van der Waals surface area (Å²) in [7, 11) is 0. The average Bonchev–Trinajstić information content (AvgIpc) is 2.61. The number of benzene rings is 1. The second kappa shape index (κ2) is 4.71. The summed E-state index contributed by atoms with van der Waals surface area (Å²) in [4.78, 5) is 15.0. The van der Waals surface area contributed by atoms with Crippen molar-refractivity contribution in [1.82, 2.24) is 9.55 Å². The van der Waals surface area contributed by atoms with E-state index in [1.807, 2.05) is 24.3 Å². The van der Waals surface area contributed by atoms with Crippen LogP contribution in [-0.2, 0) is 6.54 Å². The highest BCUT2D eigenvalue weighted by Gasteiger charge is 2.13. The number of aromatic nitrogens is 2. The summed E-state index contributed by atoms with van der Waals surface area (Å²) in [6, 6.07) is 7.77. The van der Waals surface area contributed by atoms with E-state index >= 15 is 0 Å². The zero-order valence-corrected chi connectivity index (χ0v) is 10.8. The van der Waals surface area contributed by atoms with Gasteiger partial charge in [0.1, 0.15) is 11.5 Å². The van der Waals surface area contributed by atoms with Gasteiger partial charge in [0.15, 0.2) is 0 Å². The first-order valence-electron chi connectivity index (χ1n) is 5.08. The molecule has 0 aliphatic carbocycles. The lowest BCUT2D eigenvalue weighted by Gasteiger charge is -2.08. The summed E-state index contributed by atoms with van der Waals surface area (Å²) in [6.07, 6.45) is 1.38. The number of rotatable bonds is 3. The van der Waals surface area contributed by atoms with E-state index < -0.39 is 5.97 Å². The highest BCUT2D eigenvalue weighted by Crippen LogP contribution is 2.15. The van der Waals surface area contributed by atoms with Crippen LogP contribution in [0, 0.1) is 6.92 Å². The van der Waals surface area contributed by atoms with Gasteiger partial charge < -0.3 is 9.67 Å². The minimum Gasteiger partial charge on any atom is -0.477 e. The van der Waals surface area contributed by atoms with Crippen molar-refractivity contribution in [2.45, 2.75) is 13.5 Å². The maximum Gasteiger partial charge on any atom is 0.354 e. The lowest BCUT2D eigenvalue weighted by atomic mass is 10.2. The van der Waals surface area contributed by atoms with Gasteiger partial charge >= 0.3 is 5.97 Å². The van der Waals surface area contributed by atoms with E-state index in [1.54, 1.807) is 11.5 Å². The van der Waals surface area contributed by atoms with Gasteiger partial charge in [0, 0.05) is 11.0 Å². The van der Waals surface area contributed by atoms with E-state index in [9.17, 15) is 4.79 Å². The third kappa shape index (κ3) is 2.55. The Kier molecular flexibility index (Phi) is 3.28. The predicted molar refractivity (Wildman–Crippen MR) is 67.2 cm³/mol. The average molecular weight is 295 g/mol. The first kappa shape index (κ1) is 11.9. The van der Waals surface area contributed by atoms with Gasteiger partial charge in [-0.05, 0) is 24.6 Å². The van der Waals surface area contributed by atoms with Gasteiger partial charge in [0.2, 0.25) is 0 Å². The van der Waals surface area contributed by atoms with E-state index in [1.165, 1.54) is 6.20 Å². The summed E-state index contributed by atoms with van der Waals surface area (Å²) in [5, 5.41) is 9.04. The Morgan fingerprint density at radius 1 is 1.53 bits per heavy atom. The maximum absolute atomic E-state index is 11.0. The summed E-state index contributed by atoms with van der Waals surface area (Å²) in [5.41, 5.74) is 1.24. The van der Waals surface area contributed by atoms with E-state index in [2.05, 4.69) is 20.9 Å². The maximum atomic E-state index is 11.0. The largest absolute Gasteiger partial charge is 0.477 e. The summed E-state index contributed by atoms with van der Waals surface area (Å²) < 4.78 is 2.66. The highest BCUT2D eigenvalue weighted by atomic mass is 79.9. The molecule has 0 spiro atoms. The quantitative estimate of drug-likeness (QED) is 0.947. The fraction of sp³-hybridized carbons (Fsp3) is 0.167. The smallest absolute Gasteiger partial charge is 0.354 e. The first-order valence-corrected chi connectivity index (χ1v) is 5.87. The Balaban J connectivity index is 2.36. The number of hydrogen-bond acceptors (Lipinski definition) is 2. The molecule has 0 atom stereocenters. The van der Waals surface area contributed by atoms with E-state index in [0.717, 1.165) is 10.0 Å². The molecule has 0 aliphatic rings. The lowest BCUT2D eigenvalue weighted by molar-refractivity contribution is 0.0685. The number of carbonyl (C=O) groups is 1. The van der Waals surface area contributed by atoms with Gasteiger partial charge in [-0.15, -0.1) is 0 Å². The summed E-state index contributed by atoms with van der Waals surface area (Å²) >= 11 is 3.39. The van der Waals surface area contributed by atoms with Gasteiger partial charge in [-0.1, -0.05) is 28.1 Å². The Bertz CT molecular complexity index is 563. The molecule has 0 amide bonds. The van der Waals surface area contributed by atoms with Crippen LogP contribution in [0.4, 0.5) is 0 Å². The molecule has 0 unspecified atom stereocenters. The molecule has 0 fully saturated rings. The van der Waals surface area contributed by atoms with Crippen LogP contribution < -0.4 is 0 Å². The van der Waals surface area contributed by atoms with Crippen molar-refractivity contribution < 1.29 is 9.90 Å². The van der Waals surface area contributed by atoms with Crippen molar-refractivity contribution in [3.05, 3.63) is 52.0 Å². The Morgan fingerprint density at radius 3 is 2.94 bits per heavy atom. The predicted octanol–water partition coefficient (Wildman–Crippen LogP) is 2.70. The number of aryl methyl sites for hydroxylation is 1. The summed E-state index contributed by atoms with van der Waals surface area (Å²) in [6.45, 7) is 2.30. The SMILES string of the molecule is Cc1ncc(C(=O)O)n1Cc1cccc(Br)c1. The molecular formula is C12H11BrN2O2. The molecule has 17 heavy (non-hydrogen) atoms. The third-order valence-corrected chi connectivity index (χ3v) is 3.00. The molecule has 1 N–H and O–H groups in total. The van der Waals surface area contributed by atoms with Crippen molar-refractivity contribution in [1.29, 1.82) is 0 Å². The Hall–Kier alpha value is -1.62. The molecule has 1 aromatic carbocycles. The van der Waals surface area contributed by atoms with E-state index in [4.69, 9.17) is 5.11 Å². The molecule has 1 aromatic heterocycles. The van der Waals surface area contributed by atoms with Crippen LogP contribution >= 0.6 is 15.9 Å². The monoisotopic (exact) mass is 294 g/mol. The molecule has 5 heteroatoms. The first-order chi connectivity index (χ1) is 8.08. The standard InChI is InChI=1S/C12H11BrN2O2/c1-8-14-6-11(12(16)17)15(8)7-9-3-2-4-10(13)5-9/h2-6H,7H2,1H3,(H,16,17). The highest BCUT2D eigenvalue weighted by molar-refractivity contribution is 9.10. The molecule has 2 rings (SSSR count). The van der Waals surface area contributed by atoms with Crippen molar-refractivity contribution >= 4 is 21.9 Å². The summed E-state index contributed by atoms with van der Waals surface area (Å²) in [5.74, 6) is -0.261. The number of hydrogen-bond donors (Lipinski definition) is 1. The van der Waals surface area contributed by atoms with E-state index in [0.29, 0.717) is 12.4 Å². The number of carboxylic acids is 1. The normalized spacial score (nSPS) is 10.5. The van der Waals surface area contributed by atoms with Crippen LogP contribution in [-0.4, -0.2) is 20.6 Å². The molecule has 88 valence electrons. The van der Waals surface area contributed by atoms with Gasteiger partial charge in [-0.2, -0.15) is 0 Å². The number of carboxylic acid groups (broad SMARTS) is 1. The second-order valence-corrected chi connectivity index (χ2v) is 4.63. The number of halogens is 1. The number of aromatic carboxylic acids is 1. The Labute approximate surface area is 107 Å². The van der Waals surface area contributed by atoms with Crippen molar-refractivity contribution in [3.63, 3.8) is 0 Å². The molecule has 4 nitrogen and oxygen atoms in total. The van der Waals surface area contributed by atoms with Gasteiger partial charge in [-0.3, -0.25) is 0 Å². The van der Waals surface area contributed by atoms with Crippen LogP contribution in [0.25, 0.3) is 0 Å².